The normalized spacial score (nSPS) is 19.1. The fourth-order valence-electron chi connectivity index (χ4n) is 5.01. The predicted molar refractivity (Wildman–Crippen MR) is 146 cm³/mol. The average molecular weight is 527 g/mol. The zero-order valence-corrected chi connectivity index (χ0v) is 21.9. The molecule has 190 valence electrons. The van der Waals surface area contributed by atoms with E-state index < -0.39 is 0 Å². The van der Waals surface area contributed by atoms with Crippen molar-refractivity contribution < 1.29 is 9.59 Å². The first kappa shape index (κ1) is 27.7. The van der Waals surface area contributed by atoms with Crippen molar-refractivity contribution in [2.75, 3.05) is 20.1 Å². The number of hydrogen-bond acceptors (Lipinski definition) is 4. The second-order valence-electron chi connectivity index (χ2n) is 9.16. The molecule has 36 heavy (non-hydrogen) atoms. The molecule has 0 spiro atoms. The van der Waals surface area contributed by atoms with E-state index in [0.717, 1.165) is 42.4 Å². The van der Waals surface area contributed by atoms with Crippen molar-refractivity contribution in [3.63, 3.8) is 0 Å². The molecule has 0 saturated heterocycles. The van der Waals surface area contributed by atoms with Gasteiger partial charge in [-0.1, -0.05) is 54.1 Å². The molecule has 1 aliphatic carbocycles. The third-order valence-corrected chi connectivity index (χ3v) is 7.36. The number of hydrogen-bond donors (Lipinski definition) is 2. The summed E-state index contributed by atoms with van der Waals surface area (Å²) in [6.07, 6.45) is 6.44. The number of benzene rings is 2. The highest BCUT2D eigenvalue weighted by molar-refractivity contribution is 6.30. The van der Waals surface area contributed by atoms with Gasteiger partial charge < -0.3 is 16.0 Å². The number of likely N-dealkylation sites (N-methyl/N-ethyl adjacent to an activating group) is 1. The van der Waals surface area contributed by atoms with Crippen LogP contribution >= 0.6 is 24.0 Å². The Balaban J connectivity index is 0.00000361. The molecule has 1 heterocycles. The summed E-state index contributed by atoms with van der Waals surface area (Å²) in [6.45, 7) is 0.509. The quantitative estimate of drug-likeness (QED) is 0.460. The minimum absolute atomic E-state index is 0. The van der Waals surface area contributed by atoms with Crippen molar-refractivity contribution in [2.45, 2.75) is 37.1 Å². The van der Waals surface area contributed by atoms with E-state index in [4.69, 9.17) is 17.3 Å². The molecule has 0 aliphatic heterocycles. The summed E-state index contributed by atoms with van der Waals surface area (Å²) < 4.78 is 0. The van der Waals surface area contributed by atoms with Gasteiger partial charge in [0.1, 0.15) is 6.54 Å². The van der Waals surface area contributed by atoms with Gasteiger partial charge in [0.05, 0.1) is 5.56 Å². The lowest BCUT2D eigenvalue weighted by Gasteiger charge is -2.43. The van der Waals surface area contributed by atoms with Gasteiger partial charge in [0, 0.05) is 48.0 Å². The largest absolute Gasteiger partial charge is 0.358 e. The fourth-order valence-corrected chi connectivity index (χ4v) is 5.20. The van der Waals surface area contributed by atoms with Crippen molar-refractivity contribution in [3.8, 4) is 11.1 Å². The van der Waals surface area contributed by atoms with Crippen molar-refractivity contribution in [2.24, 2.45) is 5.73 Å². The number of carbonyl (C=O) groups is 2. The second-order valence-corrected chi connectivity index (χ2v) is 9.60. The van der Waals surface area contributed by atoms with Crippen LogP contribution in [0, 0.1) is 0 Å². The number of rotatable bonds is 7. The van der Waals surface area contributed by atoms with Crippen LogP contribution < -0.4 is 11.1 Å². The molecule has 0 bridgehead atoms. The molecular formula is C28H32Cl2N4O2. The third kappa shape index (κ3) is 6.06. The van der Waals surface area contributed by atoms with E-state index >= 15 is 0 Å². The lowest BCUT2D eigenvalue weighted by molar-refractivity contribution is -0.121. The SMILES string of the molecule is CNC(=O)CN(C(=O)c1cncc(-c2ccccc2)c1)C1CCC(CN)(c2cccc(Cl)c2)CC1.Cl. The molecule has 2 amide bonds. The van der Waals surface area contributed by atoms with Crippen LogP contribution in [0.2, 0.25) is 5.02 Å². The first-order chi connectivity index (χ1) is 17.0. The number of amides is 2. The van der Waals surface area contributed by atoms with Gasteiger partial charge in [-0.05, 0) is 55.0 Å². The average Bonchev–Trinajstić information content (AvgIpc) is 2.92. The molecule has 3 aromatic rings. The van der Waals surface area contributed by atoms with E-state index in [0.29, 0.717) is 17.1 Å². The number of halogens is 2. The molecule has 0 radical (unpaired) electrons. The van der Waals surface area contributed by atoms with Crippen LogP contribution in [-0.2, 0) is 10.2 Å². The zero-order valence-electron chi connectivity index (χ0n) is 20.3. The summed E-state index contributed by atoms with van der Waals surface area (Å²) in [5.41, 5.74) is 9.54. The van der Waals surface area contributed by atoms with Crippen LogP contribution in [0.4, 0.5) is 0 Å². The summed E-state index contributed by atoms with van der Waals surface area (Å²) in [7, 11) is 1.59. The maximum Gasteiger partial charge on any atom is 0.256 e. The fraction of sp³-hybridized carbons (Fsp3) is 0.321. The van der Waals surface area contributed by atoms with Crippen molar-refractivity contribution in [1.29, 1.82) is 0 Å². The zero-order chi connectivity index (χ0) is 24.8. The first-order valence-corrected chi connectivity index (χ1v) is 12.3. The van der Waals surface area contributed by atoms with Crippen molar-refractivity contribution >= 4 is 35.8 Å². The lowest BCUT2D eigenvalue weighted by Crippen LogP contribution is -2.50. The molecule has 1 fully saturated rings. The number of nitrogens with zero attached hydrogens (tertiary/aromatic N) is 2. The highest BCUT2D eigenvalue weighted by Crippen LogP contribution is 2.41. The van der Waals surface area contributed by atoms with Gasteiger partial charge in [-0.15, -0.1) is 12.4 Å². The van der Waals surface area contributed by atoms with E-state index in [1.807, 2.05) is 54.6 Å². The summed E-state index contributed by atoms with van der Waals surface area (Å²) in [5.74, 6) is -0.386. The van der Waals surface area contributed by atoms with Gasteiger partial charge in [0.2, 0.25) is 5.91 Å². The molecule has 1 aliphatic rings. The van der Waals surface area contributed by atoms with Gasteiger partial charge in [-0.3, -0.25) is 14.6 Å². The minimum Gasteiger partial charge on any atom is -0.358 e. The second kappa shape index (κ2) is 12.3. The Morgan fingerprint density at radius 3 is 2.42 bits per heavy atom. The number of nitrogens with two attached hydrogens (primary N) is 1. The van der Waals surface area contributed by atoms with Crippen LogP contribution in [0.15, 0.2) is 73.1 Å². The minimum atomic E-state index is -0.198. The standard InChI is InChI=1S/C28H31ClN4O2.ClH/c1-31-26(34)18-33(27(35)22-14-21(16-32-17-22)20-6-3-2-4-7-20)25-10-12-28(19-30,13-11-25)23-8-5-9-24(29)15-23;/h2-9,14-17,25H,10-13,18-19,30H2,1H3,(H,31,34);1H. The van der Waals surface area contributed by atoms with Crippen LogP contribution in [0.25, 0.3) is 11.1 Å². The summed E-state index contributed by atoms with van der Waals surface area (Å²) in [6, 6.07) is 19.5. The van der Waals surface area contributed by atoms with Crippen LogP contribution in [0.1, 0.15) is 41.6 Å². The molecule has 1 aromatic heterocycles. The van der Waals surface area contributed by atoms with E-state index in [1.165, 1.54) is 0 Å². The van der Waals surface area contributed by atoms with Crippen molar-refractivity contribution in [3.05, 3.63) is 89.2 Å². The molecule has 0 unspecified atom stereocenters. The molecule has 3 N–H and O–H groups in total. The van der Waals surface area contributed by atoms with Crippen LogP contribution in [0.3, 0.4) is 0 Å². The first-order valence-electron chi connectivity index (χ1n) is 11.9. The Bertz CT molecular complexity index is 1180. The molecule has 2 aromatic carbocycles. The summed E-state index contributed by atoms with van der Waals surface area (Å²) in [4.78, 5) is 32.1. The van der Waals surface area contributed by atoms with E-state index in [9.17, 15) is 9.59 Å². The van der Waals surface area contributed by atoms with Crippen molar-refractivity contribution in [1.82, 2.24) is 15.2 Å². The topological polar surface area (TPSA) is 88.3 Å². The smallest absolute Gasteiger partial charge is 0.256 e. The number of nitrogens with one attached hydrogen (secondary N) is 1. The van der Waals surface area contributed by atoms with Gasteiger partial charge in [0.15, 0.2) is 0 Å². The Morgan fingerprint density at radius 2 is 1.78 bits per heavy atom. The van der Waals surface area contributed by atoms with E-state index in [1.54, 1.807) is 24.3 Å². The van der Waals surface area contributed by atoms with Crippen LogP contribution in [0.5, 0.6) is 0 Å². The number of pyridine rings is 1. The lowest BCUT2D eigenvalue weighted by atomic mass is 9.68. The maximum absolute atomic E-state index is 13.7. The maximum atomic E-state index is 13.7. The Hall–Kier alpha value is -2.93. The molecular weight excluding hydrogens is 495 g/mol. The highest BCUT2D eigenvalue weighted by atomic mass is 35.5. The number of aromatic nitrogens is 1. The summed E-state index contributed by atoms with van der Waals surface area (Å²) in [5, 5.41) is 3.35. The molecule has 4 rings (SSSR count). The number of carbonyl (C=O) groups excluding carboxylic acids is 2. The Morgan fingerprint density at radius 1 is 1.06 bits per heavy atom. The molecule has 0 atom stereocenters. The van der Waals surface area contributed by atoms with E-state index in [2.05, 4.69) is 16.4 Å². The van der Waals surface area contributed by atoms with Gasteiger partial charge in [-0.25, -0.2) is 0 Å². The van der Waals surface area contributed by atoms with Gasteiger partial charge in [-0.2, -0.15) is 0 Å². The summed E-state index contributed by atoms with van der Waals surface area (Å²) >= 11 is 6.26. The Kier molecular flexibility index (Phi) is 9.49. The predicted octanol–water partition coefficient (Wildman–Crippen LogP) is 4.85. The van der Waals surface area contributed by atoms with Crippen LogP contribution in [-0.4, -0.2) is 47.9 Å². The monoisotopic (exact) mass is 526 g/mol. The van der Waals surface area contributed by atoms with E-state index in [-0.39, 0.29) is 42.2 Å². The molecule has 8 heteroatoms. The van der Waals surface area contributed by atoms with Gasteiger partial charge in [0.25, 0.3) is 5.91 Å². The third-order valence-electron chi connectivity index (χ3n) is 7.13. The van der Waals surface area contributed by atoms with Gasteiger partial charge >= 0.3 is 0 Å². The Labute approximate surface area is 223 Å². The molecule has 6 nitrogen and oxygen atoms in total. The highest BCUT2D eigenvalue weighted by Gasteiger charge is 2.39. The molecule has 1 saturated carbocycles.